The van der Waals surface area contributed by atoms with Gasteiger partial charge in [0.15, 0.2) is 0 Å². The van der Waals surface area contributed by atoms with Gasteiger partial charge in [-0.25, -0.2) is 19.6 Å². The highest BCUT2D eigenvalue weighted by Gasteiger charge is 2.22. The van der Waals surface area contributed by atoms with Crippen molar-refractivity contribution in [1.29, 1.82) is 0 Å². The number of benzene rings is 1. The molecule has 0 atom stereocenters. The first-order chi connectivity index (χ1) is 15.8. The van der Waals surface area contributed by atoms with E-state index in [2.05, 4.69) is 9.97 Å². The molecule has 0 aliphatic heterocycles. The molecule has 0 fully saturated rings. The molecule has 0 N–H and O–H groups in total. The van der Waals surface area contributed by atoms with E-state index in [1.165, 1.54) is 24.8 Å². The molecule has 4 aromatic rings. The monoisotopic (exact) mass is 450 g/mol. The summed E-state index contributed by atoms with van der Waals surface area (Å²) in [4.78, 5) is 47.6. The van der Waals surface area contributed by atoms with Crippen molar-refractivity contribution in [2.45, 2.75) is 20.4 Å². The van der Waals surface area contributed by atoms with Crippen molar-refractivity contribution in [2.75, 3.05) is 14.2 Å². The number of para-hydroxylation sites is 1. The van der Waals surface area contributed by atoms with Gasteiger partial charge in [-0.1, -0.05) is 12.1 Å². The second-order valence-corrected chi connectivity index (χ2v) is 7.46. The molecule has 0 spiro atoms. The predicted molar refractivity (Wildman–Crippen MR) is 120 cm³/mol. The fraction of sp³-hybridized carbons (Fsp3) is 0.261. The lowest BCUT2D eigenvalue weighted by Crippen LogP contribution is -2.40. The second kappa shape index (κ2) is 8.38. The number of nitrogens with zero attached hydrogens (tertiary/aromatic N) is 4. The number of hydrogen-bond donors (Lipinski definition) is 0. The lowest BCUT2D eigenvalue weighted by Gasteiger charge is -2.12. The van der Waals surface area contributed by atoms with Gasteiger partial charge in [0.05, 0.1) is 37.3 Å². The van der Waals surface area contributed by atoms with Crippen LogP contribution in [0.2, 0.25) is 0 Å². The first kappa shape index (κ1) is 22.0. The van der Waals surface area contributed by atoms with Crippen molar-refractivity contribution in [3.05, 3.63) is 73.9 Å². The molecule has 3 heterocycles. The van der Waals surface area contributed by atoms with Crippen LogP contribution >= 0.6 is 0 Å². The molecule has 0 aliphatic rings. The third kappa shape index (κ3) is 3.69. The fourth-order valence-corrected chi connectivity index (χ4v) is 3.68. The van der Waals surface area contributed by atoms with Crippen LogP contribution in [0.5, 0.6) is 5.75 Å². The highest BCUT2D eigenvalue weighted by Crippen LogP contribution is 2.30. The zero-order valence-electron chi connectivity index (χ0n) is 18.8. The molecule has 0 amide bonds. The van der Waals surface area contributed by atoms with E-state index in [1.54, 1.807) is 33.1 Å². The first-order valence-electron chi connectivity index (χ1n) is 10.1. The number of aryl methyl sites for hydroxylation is 3. The second-order valence-electron chi connectivity index (χ2n) is 7.46. The maximum absolute atomic E-state index is 13.4. The molecular formula is C23H22N4O6. The van der Waals surface area contributed by atoms with Gasteiger partial charge < -0.3 is 13.9 Å². The Labute approximate surface area is 188 Å². The molecule has 10 heteroatoms. The molecule has 0 saturated heterocycles. The van der Waals surface area contributed by atoms with E-state index in [0.29, 0.717) is 34.4 Å². The van der Waals surface area contributed by atoms with E-state index in [4.69, 9.17) is 13.9 Å². The van der Waals surface area contributed by atoms with Crippen LogP contribution < -0.4 is 16.0 Å². The molecule has 0 saturated carbocycles. The normalized spacial score (nSPS) is 11.1. The van der Waals surface area contributed by atoms with Crippen molar-refractivity contribution in [1.82, 2.24) is 19.1 Å². The van der Waals surface area contributed by atoms with E-state index < -0.39 is 17.2 Å². The maximum Gasteiger partial charge on any atom is 0.338 e. The van der Waals surface area contributed by atoms with Gasteiger partial charge in [-0.05, 0) is 32.0 Å². The van der Waals surface area contributed by atoms with Crippen LogP contribution in [0.4, 0.5) is 0 Å². The quantitative estimate of drug-likeness (QED) is 0.425. The predicted octanol–water partition coefficient (Wildman–Crippen LogP) is 2.21. The van der Waals surface area contributed by atoms with Gasteiger partial charge in [0.2, 0.25) is 5.89 Å². The number of esters is 1. The topological polar surface area (TPSA) is 118 Å². The largest absolute Gasteiger partial charge is 0.496 e. The minimum absolute atomic E-state index is 0.000602. The average Bonchev–Trinajstić information content (AvgIpc) is 3.19. The lowest BCUT2D eigenvalue weighted by atomic mass is 10.1. The van der Waals surface area contributed by atoms with Crippen LogP contribution in [0, 0.1) is 13.8 Å². The number of rotatable bonds is 5. The van der Waals surface area contributed by atoms with Crippen molar-refractivity contribution < 1.29 is 18.7 Å². The van der Waals surface area contributed by atoms with Gasteiger partial charge in [-0.15, -0.1) is 0 Å². The lowest BCUT2D eigenvalue weighted by molar-refractivity contribution is 0.0602. The van der Waals surface area contributed by atoms with E-state index in [-0.39, 0.29) is 23.1 Å². The van der Waals surface area contributed by atoms with Crippen molar-refractivity contribution in [3.63, 3.8) is 0 Å². The molecule has 3 aromatic heterocycles. The van der Waals surface area contributed by atoms with Crippen molar-refractivity contribution in [2.24, 2.45) is 7.05 Å². The number of hydrogen-bond acceptors (Lipinski definition) is 8. The van der Waals surface area contributed by atoms with Crippen molar-refractivity contribution in [3.8, 4) is 17.2 Å². The molecule has 0 aliphatic carbocycles. The molecule has 0 bridgehead atoms. The Balaban J connectivity index is 1.90. The number of methoxy groups -OCH3 is 2. The number of carbonyl (C=O) groups excluding carboxylic acids is 1. The van der Waals surface area contributed by atoms with Crippen molar-refractivity contribution >= 4 is 17.0 Å². The molecule has 4 rings (SSSR count). The Hall–Kier alpha value is -4.21. The van der Waals surface area contributed by atoms with E-state index in [0.717, 1.165) is 4.57 Å². The maximum atomic E-state index is 13.4. The third-order valence-electron chi connectivity index (χ3n) is 5.37. The van der Waals surface area contributed by atoms with E-state index in [1.807, 2.05) is 12.1 Å². The summed E-state index contributed by atoms with van der Waals surface area (Å²) in [5.41, 5.74) is 0.401. The number of fused-ring (bicyclic) bond motifs is 1. The number of oxazole rings is 1. The third-order valence-corrected chi connectivity index (χ3v) is 5.37. The minimum atomic E-state index is -0.691. The SMILES string of the molecule is COC(=O)c1cc(C)nc2c1c(=O)n(Cc1nc(-c3ccccc3OC)oc1C)c(=O)n2C. The summed E-state index contributed by atoms with van der Waals surface area (Å²) in [6.45, 7) is 3.21. The fourth-order valence-electron chi connectivity index (χ4n) is 3.68. The van der Waals surface area contributed by atoms with Gasteiger partial charge in [0, 0.05) is 12.7 Å². The molecule has 10 nitrogen and oxygen atoms in total. The number of aromatic nitrogens is 4. The molecule has 170 valence electrons. The number of carbonyl (C=O) groups is 1. The summed E-state index contributed by atoms with van der Waals surface area (Å²) in [5.74, 6) is 0.635. The van der Waals surface area contributed by atoms with Gasteiger partial charge in [0.1, 0.15) is 22.9 Å². The summed E-state index contributed by atoms with van der Waals surface area (Å²) in [7, 11) is 4.26. The number of ether oxygens (including phenoxy) is 2. The van der Waals surface area contributed by atoms with E-state index >= 15 is 0 Å². The van der Waals surface area contributed by atoms with Gasteiger partial charge in [-0.2, -0.15) is 0 Å². The molecule has 33 heavy (non-hydrogen) atoms. The van der Waals surface area contributed by atoms with E-state index in [9.17, 15) is 14.4 Å². The average molecular weight is 450 g/mol. The Morgan fingerprint density at radius 3 is 2.55 bits per heavy atom. The molecule has 0 unspecified atom stereocenters. The Morgan fingerprint density at radius 2 is 1.85 bits per heavy atom. The van der Waals surface area contributed by atoms with Gasteiger partial charge in [0.25, 0.3) is 5.56 Å². The summed E-state index contributed by atoms with van der Waals surface area (Å²) >= 11 is 0. The highest BCUT2D eigenvalue weighted by molar-refractivity contribution is 6.02. The summed E-state index contributed by atoms with van der Waals surface area (Å²) < 4.78 is 18.2. The van der Waals surface area contributed by atoms with Gasteiger partial charge in [-0.3, -0.25) is 13.9 Å². The van der Waals surface area contributed by atoms with Gasteiger partial charge >= 0.3 is 11.7 Å². The van der Waals surface area contributed by atoms with Crippen LogP contribution in [0.3, 0.4) is 0 Å². The molecule has 0 radical (unpaired) electrons. The number of pyridine rings is 1. The standard InChI is InChI=1S/C23H22N4O6/c1-12-10-15(22(29)32-5)18-19(24-12)26(3)23(30)27(21(18)28)11-16-13(2)33-20(25-16)14-8-6-7-9-17(14)31-4/h6-10H,11H2,1-5H3. The van der Waals surface area contributed by atoms with Crippen LogP contribution in [-0.4, -0.2) is 39.3 Å². The first-order valence-corrected chi connectivity index (χ1v) is 10.1. The Kier molecular flexibility index (Phi) is 5.59. The molecular weight excluding hydrogens is 428 g/mol. The summed E-state index contributed by atoms with van der Waals surface area (Å²) in [6, 6.07) is 8.69. The summed E-state index contributed by atoms with van der Waals surface area (Å²) in [6.07, 6.45) is 0. The Morgan fingerprint density at radius 1 is 1.12 bits per heavy atom. The van der Waals surface area contributed by atoms with Crippen LogP contribution in [0.15, 0.2) is 44.3 Å². The van der Waals surface area contributed by atoms with Crippen LogP contribution in [-0.2, 0) is 18.3 Å². The van der Waals surface area contributed by atoms with Crippen LogP contribution in [0.25, 0.3) is 22.5 Å². The smallest absolute Gasteiger partial charge is 0.338 e. The molecule has 1 aromatic carbocycles. The zero-order valence-corrected chi connectivity index (χ0v) is 18.8. The summed E-state index contributed by atoms with van der Waals surface area (Å²) in [5, 5.41) is 0.000602. The zero-order chi connectivity index (χ0) is 23.9. The highest BCUT2D eigenvalue weighted by atomic mass is 16.5. The van der Waals surface area contributed by atoms with Crippen LogP contribution in [0.1, 0.15) is 27.5 Å². The Bertz CT molecular complexity index is 1510. The minimum Gasteiger partial charge on any atom is -0.496 e.